The first kappa shape index (κ1) is 29.6. The number of hydrogen-bond donors (Lipinski definition) is 2. The van der Waals surface area contributed by atoms with Crippen LogP contribution in [0.5, 0.6) is 5.75 Å². The number of benzene rings is 2. The standard InChI is InChI=1S/C33H35N3O8/c1-42-23-14-12-22(13-15-23)35-17-7-16-33-28(30(39)36(18-19-37)29(33)31(35)40)27-24(44-33)10-5-6-11-26(38)34-20-25(43-32(27)41)21-8-3-2-4-9-21/h2-5,7-10,12-16,24-25,27-29,37H,6,11,17-20H2,1H3,(H,34,38)/b10-5-/t24-,25+,27+,28+,29-,33+/m1/s1. The zero-order chi connectivity index (χ0) is 30.8. The molecule has 4 aliphatic rings. The van der Waals surface area contributed by atoms with Gasteiger partial charge in [0, 0.05) is 25.2 Å². The molecule has 0 radical (unpaired) electrons. The molecule has 3 amide bonds. The first-order valence-electron chi connectivity index (χ1n) is 14.8. The molecule has 0 aromatic heterocycles. The van der Waals surface area contributed by atoms with E-state index in [2.05, 4.69) is 5.32 Å². The van der Waals surface area contributed by atoms with Crippen LogP contribution in [0.4, 0.5) is 5.69 Å². The summed E-state index contributed by atoms with van der Waals surface area (Å²) in [7, 11) is 1.56. The van der Waals surface area contributed by atoms with Gasteiger partial charge in [0.05, 0.1) is 32.3 Å². The Bertz CT molecular complexity index is 1480. The van der Waals surface area contributed by atoms with Crippen LogP contribution in [0.3, 0.4) is 0 Å². The molecule has 6 atom stereocenters. The monoisotopic (exact) mass is 601 g/mol. The Kier molecular flexibility index (Phi) is 8.24. The van der Waals surface area contributed by atoms with Crippen molar-refractivity contribution in [3.05, 3.63) is 84.5 Å². The number of cyclic esters (lactones) is 1. The van der Waals surface area contributed by atoms with Gasteiger partial charge in [-0.25, -0.2) is 0 Å². The van der Waals surface area contributed by atoms with Crippen LogP contribution in [-0.2, 0) is 28.7 Å². The largest absolute Gasteiger partial charge is 0.497 e. The highest BCUT2D eigenvalue weighted by Crippen LogP contribution is 2.53. The summed E-state index contributed by atoms with van der Waals surface area (Å²) < 4.78 is 18.0. The number of ether oxygens (including phenoxy) is 3. The maximum Gasteiger partial charge on any atom is 0.313 e. The van der Waals surface area contributed by atoms with Crippen LogP contribution < -0.4 is 15.0 Å². The summed E-state index contributed by atoms with van der Waals surface area (Å²) in [5, 5.41) is 12.8. The number of aliphatic hydroxyl groups excluding tert-OH is 1. The highest BCUT2D eigenvalue weighted by atomic mass is 16.6. The van der Waals surface area contributed by atoms with Gasteiger partial charge < -0.3 is 34.4 Å². The van der Waals surface area contributed by atoms with E-state index in [9.17, 15) is 24.3 Å². The number of esters is 1. The Morgan fingerprint density at radius 2 is 1.80 bits per heavy atom. The highest BCUT2D eigenvalue weighted by Gasteiger charge is 2.71. The van der Waals surface area contributed by atoms with Gasteiger partial charge in [0.25, 0.3) is 5.91 Å². The van der Waals surface area contributed by atoms with E-state index < -0.39 is 53.5 Å². The van der Waals surface area contributed by atoms with Crippen LogP contribution in [0.15, 0.2) is 78.9 Å². The fourth-order valence-corrected chi connectivity index (χ4v) is 6.75. The number of fused-ring (bicyclic) bond motifs is 2. The van der Waals surface area contributed by atoms with Gasteiger partial charge in [-0.1, -0.05) is 54.6 Å². The highest BCUT2D eigenvalue weighted by molar-refractivity contribution is 6.05. The van der Waals surface area contributed by atoms with Crippen molar-refractivity contribution < 1.29 is 38.5 Å². The number of amides is 3. The molecule has 44 heavy (non-hydrogen) atoms. The number of anilines is 1. The van der Waals surface area contributed by atoms with E-state index in [-0.39, 0.29) is 38.6 Å². The molecule has 2 fully saturated rings. The molecule has 0 bridgehead atoms. The summed E-state index contributed by atoms with van der Waals surface area (Å²) in [6.45, 7) is -0.213. The van der Waals surface area contributed by atoms with Crippen LogP contribution in [0.25, 0.3) is 0 Å². The van der Waals surface area contributed by atoms with E-state index in [0.717, 1.165) is 0 Å². The van der Waals surface area contributed by atoms with E-state index in [1.807, 2.05) is 18.2 Å². The number of likely N-dealkylation sites (tertiary alicyclic amines) is 1. The van der Waals surface area contributed by atoms with Crippen LogP contribution in [0.2, 0.25) is 0 Å². The van der Waals surface area contributed by atoms with Gasteiger partial charge >= 0.3 is 5.97 Å². The smallest absolute Gasteiger partial charge is 0.313 e. The lowest BCUT2D eigenvalue weighted by Gasteiger charge is -2.35. The second-order valence-corrected chi connectivity index (χ2v) is 11.3. The van der Waals surface area contributed by atoms with Crippen LogP contribution in [0, 0.1) is 11.8 Å². The number of allylic oxidation sites excluding steroid dienone is 1. The maximum absolute atomic E-state index is 14.4. The van der Waals surface area contributed by atoms with Crippen molar-refractivity contribution in [2.45, 2.75) is 36.7 Å². The Balaban J connectivity index is 1.41. The normalized spacial score (nSPS) is 31.1. The van der Waals surface area contributed by atoms with Crippen molar-refractivity contribution in [2.75, 3.05) is 38.3 Å². The number of hydrogen-bond acceptors (Lipinski definition) is 8. The number of methoxy groups -OCH3 is 1. The van der Waals surface area contributed by atoms with Crippen LogP contribution in [0.1, 0.15) is 24.5 Å². The second-order valence-electron chi connectivity index (χ2n) is 11.3. The molecular formula is C33H35N3O8. The number of rotatable bonds is 5. The number of carbonyl (C=O) groups is 4. The number of nitrogens with zero attached hydrogens (tertiary/aromatic N) is 2. The lowest BCUT2D eigenvalue weighted by molar-refractivity contribution is -0.159. The van der Waals surface area contributed by atoms with Gasteiger partial charge in [0.2, 0.25) is 11.8 Å². The zero-order valence-electron chi connectivity index (χ0n) is 24.3. The van der Waals surface area contributed by atoms with Crippen molar-refractivity contribution in [2.24, 2.45) is 11.8 Å². The third-order valence-corrected chi connectivity index (χ3v) is 8.77. The van der Waals surface area contributed by atoms with E-state index in [1.165, 1.54) is 4.90 Å². The average molecular weight is 602 g/mol. The van der Waals surface area contributed by atoms with Crippen molar-refractivity contribution >= 4 is 29.4 Å². The third-order valence-electron chi connectivity index (χ3n) is 8.77. The molecule has 1 spiro atoms. The molecule has 2 N–H and O–H groups in total. The van der Waals surface area contributed by atoms with Gasteiger partial charge in [-0.15, -0.1) is 0 Å². The molecular weight excluding hydrogens is 566 g/mol. The molecule has 2 aromatic rings. The average Bonchev–Trinajstić information content (AvgIpc) is 3.41. The summed E-state index contributed by atoms with van der Waals surface area (Å²) >= 11 is 0. The predicted molar refractivity (Wildman–Crippen MR) is 158 cm³/mol. The Hall–Kier alpha value is -4.48. The molecule has 4 aliphatic heterocycles. The molecule has 2 aromatic carbocycles. The summed E-state index contributed by atoms with van der Waals surface area (Å²) in [5.41, 5.74) is -0.195. The Morgan fingerprint density at radius 3 is 2.52 bits per heavy atom. The lowest BCUT2D eigenvalue weighted by atomic mass is 9.78. The summed E-state index contributed by atoms with van der Waals surface area (Å²) in [4.78, 5) is 58.1. The predicted octanol–water partition coefficient (Wildman–Crippen LogP) is 1.92. The number of β-amino-alcohol motifs (C(OH)–C–C–N with tert-alkyl or cyclic N) is 1. The van der Waals surface area contributed by atoms with Gasteiger partial charge in [-0.2, -0.15) is 0 Å². The van der Waals surface area contributed by atoms with E-state index >= 15 is 0 Å². The van der Waals surface area contributed by atoms with Crippen LogP contribution >= 0.6 is 0 Å². The number of aliphatic hydroxyl groups is 1. The summed E-state index contributed by atoms with van der Waals surface area (Å²) in [6.07, 6.45) is 5.89. The third kappa shape index (κ3) is 5.16. The van der Waals surface area contributed by atoms with Crippen LogP contribution in [-0.4, -0.2) is 84.8 Å². The van der Waals surface area contributed by atoms with E-state index in [0.29, 0.717) is 23.4 Å². The Labute approximate surface area is 255 Å². The molecule has 0 aliphatic carbocycles. The van der Waals surface area contributed by atoms with Gasteiger partial charge in [-0.05, 0) is 36.2 Å². The second kappa shape index (κ2) is 12.3. The van der Waals surface area contributed by atoms with E-state index in [4.69, 9.17) is 14.2 Å². The molecule has 230 valence electrons. The minimum absolute atomic E-state index is 0.0643. The molecule has 6 rings (SSSR count). The SMILES string of the molecule is COc1ccc(N2CC=C[C@]34O[C@@H]5/C=C\CCC(=O)NC[C@@H](c6ccccc6)OC(=O)[C@@H]5[C@H]3C(=O)N(CCO)[C@@H]4C2=O)cc1. The lowest BCUT2D eigenvalue weighted by Crippen LogP contribution is -2.55. The minimum atomic E-state index is -1.49. The first-order chi connectivity index (χ1) is 21.4. The molecule has 2 saturated heterocycles. The summed E-state index contributed by atoms with van der Waals surface area (Å²) in [5.74, 6) is -3.23. The van der Waals surface area contributed by atoms with Crippen molar-refractivity contribution in [3.8, 4) is 5.75 Å². The molecule has 0 unspecified atom stereocenters. The van der Waals surface area contributed by atoms with E-state index in [1.54, 1.807) is 72.7 Å². The molecule has 4 heterocycles. The quantitative estimate of drug-likeness (QED) is 0.392. The first-order valence-corrected chi connectivity index (χ1v) is 14.8. The van der Waals surface area contributed by atoms with Gasteiger partial charge in [-0.3, -0.25) is 19.2 Å². The van der Waals surface area contributed by atoms with Gasteiger partial charge in [0.15, 0.2) is 0 Å². The van der Waals surface area contributed by atoms with Crippen molar-refractivity contribution in [1.82, 2.24) is 10.2 Å². The van der Waals surface area contributed by atoms with Crippen molar-refractivity contribution in [1.29, 1.82) is 0 Å². The maximum atomic E-state index is 14.4. The zero-order valence-corrected chi connectivity index (χ0v) is 24.3. The van der Waals surface area contributed by atoms with Crippen molar-refractivity contribution in [3.63, 3.8) is 0 Å². The minimum Gasteiger partial charge on any atom is -0.497 e. The molecule has 0 saturated carbocycles. The fourth-order valence-electron chi connectivity index (χ4n) is 6.75. The molecule has 11 heteroatoms. The van der Waals surface area contributed by atoms with Gasteiger partial charge in [0.1, 0.15) is 29.4 Å². The Morgan fingerprint density at radius 1 is 1.02 bits per heavy atom. The number of carbonyl (C=O) groups excluding carboxylic acids is 4. The topological polar surface area (TPSA) is 135 Å². The number of nitrogens with one attached hydrogen (secondary N) is 1. The summed E-state index contributed by atoms with van der Waals surface area (Å²) in [6, 6.07) is 15.0. The fraction of sp³-hybridized carbons (Fsp3) is 0.394. The molecule has 11 nitrogen and oxygen atoms in total.